The summed E-state index contributed by atoms with van der Waals surface area (Å²) in [6.45, 7) is 3.08. The van der Waals surface area contributed by atoms with Crippen molar-refractivity contribution in [2.24, 2.45) is 5.41 Å². The summed E-state index contributed by atoms with van der Waals surface area (Å²) in [5, 5.41) is 9.68. The van der Waals surface area contributed by atoms with Gasteiger partial charge >= 0.3 is 5.69 Å². The molecule has 1 unspecified atom stereocenters. The Bertz CT molecular complexity index is 617. The summed E-state index contributed by atoms with van der Waals surface area (Å²) < 4.78 is 0. The third-order valence-corrected chi connectivity index (χ3v) is 4.11. The maximum atomic E-state index is 12.4. The topological polar surface area (TPSA) is 106 Å². The third kappa shape index (κ3) is 3.24. The number of piperidine rings is 1. The van der Waals surface area contributed by atoms with E-state index in [1.165, 1.54) is 0 Å². The van der Waals surface area contributed by atoms with E-state index in [0.717, 1.165) is 31.9 Å². The molecule has 2 rings (SSSR count). The first-order chi connectivity index (χ1) is 10.0. The molecule has 21 heavy (non-hydrogen) atoms. The van der Waals surface area contributed by atoms with Crippen molar-refractivity contribution in [2.45, 2.75) is 32.6 Å². The van der Waals surface area contributed by atoms with Gasteiger partial charge in [-0.1, -0.05) is 13.3 Å². The van der Waals surface area contributed by atoms with Gasteiger partial charge in [-0.15, -0.1) is 0 Å². The van der Waals surface area contributed by atoms with Crippen molar-refractivity contribution in [3.8, 4) is 0 Å². The number of carbonyl (C=O) groups is 1. The average molecular weight is 295 g/mol. The summed E-state index contributed by atoms with van der Waals surface area (Å²) in [5.74, 6) is -0.402. The zero-order valence-electron chi connectivity index (χ0n) is 12.1. The maximum absolute atomic E-state index is 12.4. The number of likely N-dealkylation sites (tertiary alicyclic amines) is 1. The van der Waals surface area contributed by atoms with E-state index in [0.29, 0.717) is 13.1 Å². The number of hydrogen-bond acceptors (Lipinski definition) is 4. The van der Waals surface area contributed by atoms with E-state index in [1.807, 2.05) is 6.92 Å². The minimum Gasteiger partial charge on any atom is -0.396 e. The highest BCUT2D eigenvalue weighted by molar-refractivity contribution is 5.93. The normalized spacial score (nSPS) is 22.3. The van der Waals surface area contributed by atoms with E-state index >= 15 is 0 Å². The largest absolute Gasteiger partial charge is 0.396 e. The number of hydrogen-bond donors (Lipinski definition) is 3. The fourth-order valence-electron chi connectivity index (χ4n) is 3.06. The molecule has 1 aliphatic heterocycles. The summed E-state index contributed by atoms with van der Waals surface area (Å²) in [5.41, 5.74) is -1.66. The van der Waals surface area contributed by atoms with E-state index in [9.17, 15) is 19.5 Å². The summed E-state index contributed by atoms with van der Waals surface area (Å²) in [6.07, 6.45) is 4.60. The second-order valence-electron chi connectivity index (χ2n) is 5.72. The van der Waals surface area contributed by atoms with Crippen LogP contribution in [0.4, 0.5) is 0 Å². The molecule has 0 spiro atoms. The van der Waals surface area contributed by atoms with Crippen molar-refractivity contribution in [1.82, 2.24) is 14.9 Å². The minimum absolute atomic E-state index is 0.0343. The summed E-state index contributed by atoms with van der Waals surface area (Å²) in [4.78, 5) is 41.1. The monoisotopic (exact) mass is 295 g/mol. The lowest BCUT2D eigenvalue weighted by Gasteiger charge is -2.41. The number of carbonyl (C=O) groups excluding carboxylic acids is 1. The molecule has 1 amide bonds. The van der Waals surface area contributed by atoms with Gasteiger partial charge in [0.15, 0.2) is 0 Å². The van der Waals surface area contributed by atoms with Gasteiger partial charge in [-0.3, -0.25) is 14.6 Å². The van der Waals surface area contributed by atoms with Gasteiger partial charge in [-0.2, -0.15) is 0 Å². The Hall–Kier alpha value is -1.89. The number of aromatic amines is 2. The molecule has 2 heterocycles. The number of aromatic nitrogens is 2. The van der Waals surface area contributed by atoms with Crippen molar-refractivity contribution < 1.29 is 9.90 Å². The summed E-state index contributed by atoms with van der Waals surface area (Å²) in [6, 6.07) is 0. The number of H-pyrrole nitrogens is 2. The summed E-state index contributed by atoms with van der Waals surface area (Å²) in [7, 11) is 0. The lowest BCUT2D eigenvalue weighted by Crippen LogP contribution is -2.49. The van der Waals surface area contributed by atoms with Gasteiger partial charge in [0.25, 0.3) is 11.5 Å². The van der Waals surface area contributed by atoms with E-state index in [2.05, 4.69) is 9.97 Å². The van der Waals surface area contributed by atoms with Gasteiger partial charge in [0.05, 0.1) is 6.61 Å². The molecule has 3 N–H and O–H groups in total. The zero-order valence-corrected chi connectivity index (χ0v) is 12.1. The van der Waals surface area contributed by atoms with E-state index in [1.54, 1.807) is 4.90 Å². The Morgan fingerprint density at radius 1 is 1.48 bits per heavy atom. The second kappa shape index (κ2) is 6.26. The number of aliphatic hydroxyl groups excluding tert-OH is 1. The predicted molar refractivity (Wildman–Crippen MR) is 77.2 cm³/mol. The van der Waals surface area contributed by atoms with Gasteiger partial charge in [0, 0.05) is 24.7 Å². The quantitative estimate of drug-likeness (QED) is 0.731. The van der Waals surface area contributed by atoms with Crippen molar-refractivity contribution >= 4 is 5.91 Å². The minimum atomic E-state index is -0.681. The lowest BCUT2D eigenvalue weighted by atomic mass is 9.77. The molecule has 7 nitrogen and oxygen atoms in total. The fourth-order valence-corrected chi connectivity index (χ4v) is 3.06. The van der Waals surface area contributed by atoms with Crippen LogP contribution in [0.3, 0.4) is 0 Å². The Morgan fingerprint density at radius 2 is 2.24 bits per heavy atom. The molecule has 1 aromatic heterocycles. The fraction of sp³-hybridized carbons (Fsp3) is 0.643. The Labute approximate surface area is 122 Å². The second-order valence-corrected chi connectivity index (χ2v) is 5.72. The standard InChI is InChI=1S/C14H21N3O4/c1-2-4-14(9-18)5-3-6-17(8-14)12(20)10-7-15-13(21)16-11(10)19/h7,18H,2-6,8-9H2,1H3,(H2,15,16,19,21). The number of nitrogens with one attached hydrogen (secondary N) is 2. The number of nitrogens with zero attached hydrogens (tertiary/aromatic N) is 1. The predicted octanol–water partition coefficient (Wildman–Crippen LogP) is 0.0780. The number of amides is 1. The van der Waals surface area contributed by atoms with Crippen LogP contribution >= 0.6 is 0 Å². The van der Waals surface area contributed by atoms with Gasteiger partial charge < -0.3 is 15.0 Å². The molecule has 1 aromatic rings. The van der Waals surface area contributed by atoms with Crippen LogP contribution in [0.1, 0.15) is 43.0 Å². The summed E-state index contributed by atoms with van der Waals surface area (Å²) >= 11 is 0. The van der Waals surface area contributed by atoms with Gasteiger partial charge in [0.1, 0.15) is 5.56 Å². The van der Waals surface area contributed by atoms with Crippen molar-refractivity contribution in [3.05, 3.63) is 32.6 Å². The van der Waals surface area contributed by atoms with Crippen LogP contribution in [-0.4, -0.2) is 45.6 Å². The zero-order chi connectivity index (χ0) is 15.5. The highest BCUT2D eigenvalue weighted by Crippen LogP contribution is 2.34. The van der Waals surface area contributed by atoms with Crippen molar-refractivity contribution in [3.63, 3.8) is 0 Å². The molecule has 1 atom stereocenters. The third-order valence-electron chi connectivity index (χ3n) is 4.11. The van der Waals surface area contributed by atoms with Crippen LogP contribution in [-0.2, 0) is 0 Å². The first-order valence-corrected chi connectivity index (χ1v) is 7.23. The molecule has 0 aliphatic carbocycles. The number of rotatable bonds is 4. The van der Waals surface area contributed by atoms with Gasteiger partial charge in [0.2, 0.25) is 0 Å². The molecule has 0 bridgehead atoms. The molecule has 0 saturated carbocycles. The van der Waals surface area contributed by atoms with Crippen LogP contribution in [0.25, 0.3) is 0 Å². The highest BCUT2D eigenvalue weighted by atomic mass is 16.3. The molecule has 116 valence electrons. The van der Waals surface area contributed by atoms with E-state index in [-0.39, 0.29) is 17.6 Å². The molecule has 0 aromatic carbocycles. The van der Waals surface area contributed by atoms with Crippen molar-refractivity contribution in [1.29, 1.82) is 0 Å². The van der Waals surface area contributed by atoms with E-state index < -0.39 is 17.2 Å². The molecule has 7 heteroatoms. The Balaban J connectivity index is 2.23. The van der Waals surface area contributed by atoms with Crippen LogP contribution in [0.15, 0.2) is 15.8 Å². The molecule has 0 radical (unpaired) electrons. The molecule has 1 saturated heterocycles. The molecular weight excluding hydrogens is 274 g/mol. The van der Waals surface area contributed by atoms with Crippen molar-refractivity contribution in [2.75, 3.05) is 19.7 Å². The molecular formula is C14H21N3O4. The van der Waals surface area contributed by atoms with Crippen LogP contribution in [0, 0.1) is 5.41 Å². The smallest absolute Gasteiger partial charge is 0.325 e. The van der Waals surface area contributed by atoms with Gasteiger partial charge in [-0.25, -0.2) is 4.79 Å². The van der Waals surface area contributed by atoms with Crippen LogP contribution in [0.5, 0.6) is 0 Å². The lowest BCUT2D eigenvalue weighted by molar-refractivity contribution is 0.0221. The maximum Gasteiger partial charge on any atom is 0.325 e. The first-order valence-electron chi connectivity index (χ1n) is 7.23. The van der Waals surface area contributed by atoms with E-state index in [4.69, 9.17) is 0 Å². The Morgan fingerprint density at radius 3 is 2.86 bits per heavy atom. The average Bonchev–Trinajstić information content (AvgIpc) is 2.47. The SMILES string of the molecule is CCCC1(CO)CCCN(C(=O)c2c[nH]c(=O)[nH]c2=O)C1. The first kappa shape index (κ1) is 15.5. The van der Waals surface area contributed by atoms with Gasteiger partial charge in [-0.05, 0) is 19.3 Å². The van der Waals surface area contributed by atoms with Crippen LogP contribution < -0.4 is 11.2 Å². The Kier molecular flexibility index (Phi) is 4.62. The number of aliphatic hydroxyl groups is 1. The molecule has 1 aliphatic rings. The molecule has 1 fully saturated rings. The highest BCUT2D eigenvalue weighted by Gasteiger charge is 2.36. The van der Waals surface area contributed by atoms with Crippen LogP contribution in [0.2, 0.25) is 0 Å².